The van der Waals surface area contributed by atoms with Gasteiger partial charge in [0.15, 0.2) is 11.6 Å². The van der Waals surface area contributed by atoms with Crippen LogP contribution in [0, 0.1) is 17.6 Å². The number of carbonyl (C=O) groups is 1. The Morgan fingerprint density at radius 1 is 1.26 bits per heavy atom. The molecule has 4 heteroatoms. The molecule has 2 nitrogen and oxygen atoms in total. The molecule has 0 aliphatic heterocycles. The molecule has 0 spiro atoms. The van der Waals surface area contributed by atoms with E-state index < -0.39 is 17.5 Å². The summed E-state index contributed by atoms with van der Waals surface area (Å²) in [4.78, 5) is 11.7. The first kappa shape index (κ1) is 14.0. The van der Waals surface area contributed by atoms with Gasteiger partial charge in [-0.15, -0.1) is 0 Å². The van der Waals surface area contributed by atoms with E-state index in [-0.39, 0.29) is 5.56 Å². The predicted molar refractivity (Wildman–Crippen MR) is 69.9 cm³/mol. The number of nitrogens with one attached hydrogen (secondary N) is 1. The Balaban J connectivity index is 1.76. The number of amides is 1. The zero-order chi connectivity index (χ0) is 13.7. The summed E-state index contributed by atoms with van der Waals surface area (Å²) in [6.07, 6.45) is 7.19. The van der Waals surface area contributed by atoms with Crippen molar-refractivity contribution in [2.24, 2.45) is 5.92 Å². The minimum Gasteiger partial charge on any atom is -0.352 e. The molecule has 0 aromatic heterocycles. The van der Waals surface area contributed by atoms with Gasteiger partial charge < -0.3 is 5.32 Å². The number of carbonyl (C=O) groups excluding carboxylic acids is 1. The summed E-state index contributed by atoms with van der Waals surface area (Å²) < 4.78 is 26.3. The normalized spacial score (nSPS) is 15.7. The monoisotopic (exact) mass is 267 g/mol. The topological polar surface area (TPSA) is 29.1 Å². The summed E-state index contributed by atoms with van der Waals surface area (Å²) in [5.41, 5.74) is -0.221. The van der Waals surface area contributed by atoms with Crippen LogP contribution in [-0.2, 0) is 0 Å². The molecule has 1 amide bonds. The summed E-state index contributed by atoms with van der Waals surface area (Å²) in [6, 6.07) is 3.64. The first-order valence-electron chi connectivity index (χ1n) is 6.90. The van der Waals surface area contributed by atoms with Crippen molar-refractivity contribution in [2.45, 2.75) is 38.5 Å². The first-order valence-corrected chi connectivity index (χ1v) is 6.90. The van der Waals surface area contributed by atoms with Crippen molar-refractivity contribution in [1.29, 1.82) is 0 Å². The lowest BCUT2D eigenvalue weighted by atomic mass is 10.0. The number of halogens is 2. The lowest BCUT2D eigenvalue weighted by Crippen LogP contribution is -2.26. The van der Waals surface area contributed by atoms with E-state index in [2.05, 4.69) is 5.32 Å². The van der Waals surface area contributed by atoms with Gasteiger partial charge in [0.05, 0.1) is 5.56 Å². The van der Waals surface area contributed by atoms with Gasteiger partial charge in [-0.25, -0.2) is 8.78 Å². The Morgan fingerprint density at radius 3 is 2.74 bits per heavy atom. The molecule has 1 aromatic carbocycles. The lowest BCUT2D eigenvalue weighted by molar-refractivity contribution is 0.0947. The van der Waals surface area contributed by atoms with Crippen LogP contribution in [0.3, 0.4) is 0 Å². The van der Waals surface area contributed by atoms with E-state index >= 15 is 0 Å². The second-order valence-electron chi connectivity index (χ2n) is 5.15. The molecule has 0 atom stereocenters. The van der Waals surface area contributed by atoms with Gasteiger partial charge in [-0.1, -0.05) is 31.7 Å². The molecule has 1 fully saturated rings. The zero-order valence-corrected chi connectivity index (χ0v) is 10.9. The van der Waals surface area contributed by atoms with Crippen LogP contribution in [0.5, 0.6) is 0 Å². The summed E-state index contributed by atoms with van der Waals surface area (Å²) in [7, 11) is 0. The summed E-state index contributed by atoms with van der Waals surface area (Å²) in [5, 5.41) is 2.65. The van der Waals surface area contributed by atoms with Crippen LogP contribution in [0.4, 0.5) is 8.78 Å². The van der Waals surface area contributed by atoms with Crippen molar-refractivity contribution in [3.8, 4) is 0 Å². The highest BCUT2D eigenvalue weighted by Crippen LogP contribution is 2.28. The Labute approximate surface area is 112 Å². The first-order chi connectivity index (χ1) is 9.18. The zero-order valence-electron chi connectivity index (χ0n) is 10.9. The maximum Gasteiger partial charge on any atom is 0.254 e. The maximum atomic E-state index is 13.4. The minimum atomic E-state index is -1.07. The van der Waals surface area contributed by atoms with E-state index in [1.165, 1.54) is 37.8 Å². The van der Waals surface area contributed by atoms with Gasteiger partial charge in [-0.05, 0) is 30.9 Å². The van der Waals surface area contributed by atoms with E-state index in [1.54, 1.807) is 0 Å². The van der Waals surface area contributed by atoms with Crippen molar-refractivity contribution in [2.75, 3.05) is 6.54 Å². The third kappa shape index (κ3) is 3.75. The van der Waals surface area contributed by atoms with Crippen molar-refractivity contribution in [3.63, 3.8) is 0 Å². The van der Waals surface area contributed by atoms with E-state index in [1.807, 2.05) is 0 Å². The maximum absolute atomic E-state index is 13.4. The van der Waals surface area contributed by atoms with Crippen LogP contribution in [0.15, 0.2) is 18.2 Å². The van der Waals surface area contributed by atoms with Gasteiger partial charge in [0.25, 0.3) is 5.91 Å². The second kappa shape index (κ2) is 6.64. The van der Waals surface area contributed by atoms with E-state index in [4.69, 9.17) is 0 Å². The molecule has 1 aliphatic rings. The fourth-order valence-corrected chi connectivity index (χ4v) is 2.67. The Bertz CT molecular complexity index is 442. The number of hydrogen-bond acceptors (Lipinski definition) is 1. The van der Waals surface area contributed by atoms with Crippen molar-refractivity contribution in [3.05, 3.63) is 35.4 Å². The van der Waals surface area contributed by atoms with Gasteiger partial charge >= 0.3 is 0 Å². The van der Waals surface area contributed by atoms with Gasteiger partial charge in [0.1, 0.15) is 0 Å². The molecule has 0 bridgehead atoms. The Kier molecular flexibility index (Phi) is 4.88. The highest BCUT2D eigenvalue weighted by Gasteiger charge is 2.16. The highest BCUT2D eigenvalue weighted by atomic mass is 19.2. The molecular formula is C15H19F2NO. The summed E-state index contributed by atoms with van der Waals surface area (Å²) in [6.45, 7) is 0.519. The average molecular weight is 267 g/mol. The van der Waals surface area contributed by atoms with Gasteiger partial charge in [-0.3, -0.25) is 4.79 Å². The number of hydrogen-bond donors (Lipinski definition) is 1. The third-order valence-corrected chi connectivity index (χ3v) is 3.75. The predicted octanol–water partition coefficient (Wildman–Crippen LogP) is 3.67. The fourth-order valence-electron chi connectivity index (χ4n) is 2.67. The van der Waals surface area contributed by atoms with Crippen molar-refractivity contribution >= 4 is 5.91 Å². The molecule has 0 saturated heterocycles. The van der Waals surface area contributed by atoms with Gasteiger partial charge in [-0.2, -0.15) is 0 Å². The molecule has 0 radical (unpaired) electrons. The SMILES string of the molecule is O=C(NCCCC1CCCC1)c1cccc(F)c1F. The third-order valence-electron chi connectivity index (χ3n) is 3.75. The quantitative estimate of drug-likeness (QED) is 0.810. The molecule has 0 heterocycles. The van der Waals surface area contributed by atoms with E-state index in [9.17, 15) is 13.6 Å². The van der Waals surface area contributed by atoms with Gasteiger partial charge in [0.2, 0.25) is 0 Å². The average Bonchev–Trinajstić information content (AvgIpc) is 2.91. The van der Waals surface area contributed by atoms with Gasteiger partial charge in [0, 0.05) is 6.54 Å². The standard InChI is InChI=1S/C15H19F2NO/c16-13-9-3-8-12(14(13)17)15(19)18-10-4-7-11-5-1-2-6-11/h3,8-9,11H,1-2,4-7,10H2,(H,18,19). The molecule has 0 unspecified atom stereocenters. The molecular weight excluding hydrogens is 248 g/mol. The molecule has 19 heavy (non-hydrogen) atoms. The van der Waals surface area contributed by atoms with Crippen LogP contribution in [0.2, 0.25) is 0 Å². The molecule has 1 aromatic rings. The van der Waals surface area contributed by atoms with Crippen LogP contribution in [-0.4, -0.2) is 12.5 Å². The lowest BCUT2D eigenvalue weighted by Gasteiger charge is -2.09. The molecule has 2 rings (SSSR count). The van der Waals surface area contributed by atoms with Crippen LogP contribution in [0.25, 0.3) is 0 Å². The molecule has 1 saturated carbocycles. The Morgan fingerprint density at radius 2 is 2.00 bits per heavy atom. The van der Waals surface area contributed by atoms with Crippen molar-refractivity contribution < 1.29 is 13.6 Å². The van der Waals surface area contributed by atoms with E-state index in [0.29, 0.717) is 6.54 Å². The van der Waals surface area contributed by atoms with E-state index in [0.717, 1.165) is 24.8 Å². The second-order valence-corrected chi connectivity index (χ2v) is 5.15. The molecule has 1 aliphatic carbocycles. The summed E-state index contributed by atoms with van der Waals surface area (Å²) in [5.74, 6) is -1.82. The fraction of sp³-hybridized carbons (Fsp3) is 0.533. The molecule has 104 valence electrons. The Hall–Kier alpha value is -1.45. The number of rotatable bonds is 5. The van der Waals surface area contributed by atoms with Crippen molar-refractivity contribution in [1.82, 2.24) is 5.32 Å². The van der Waals surface area contributed by atoms with Crippen LogP contribution in [0.1, 0.15) is 48.9 Å². The van der Waals surface area contributed by atoms with Crippen LogP contribution >= 0.6 is 0 Å². The summed E-state index contributed by atoms with van der Waals surface area (Å²) >= 11 is 0. The smallest absolute Gasteiger partial charge is 0.254 e. The minimum absolute atomic E-state index is 0.221. The highest BCUT2D eigenvalue weighted by molar-refractivity contribution is 5.94. The largest absolute Gasteiger partial charge is 0.352 e. The molecule has 1 N–H and O–H groups in total. The number of benzene rings is 1. The van der Waals surface area contributed by atoms with Crippen LogP contribution < -0.4 is 5.32 Å².